The van der Waals surface area contributed by atoms with Crippen LogP contribution in [-0.2, 0) is 6.61 Å². The predicted octanol–water partition coefficient (Wildman–Crippen LogP) is -0.293. The molecule has 6 N–H and O–H groups in total. The quantitative estimate of drug-likeness (QED) is 0.273. The van der Waals surface area contributed by atoms with Gasteiger partial charge in [0.15, 0.2) is 0 Å². The molecule has 1 rings (SSSR count). The molecule has 0 aliphatic carbocycles. The number of primary amides is 1. The van der Waals surface area contributed by atoms with Gasteiger partial charge in [0.05, 0.1) is 6.61 Å². The summed E-state index contributed by atoms with van der Waals surface area (Å²) in [5.74, 6) is 4.45. The van der Waals surface area contributed by atoms with Crippen LogP contribution in [0, 0.1) is 0 Å². The molecule has 0 bridgehead atoms. The van der Waals surface area contributed by atoms with Crippen molar-refractivity contribution in [1.29, 1.82) is 0 Å². The highest BCUT2D eigenvalue weighted by atomic mass is 16.3. The molecule has 2 amide bonds. The van der Waals surface area contributed by atoms with E-state index in [1.165, 1.54) is 0 Å². The van der Waals surface area contributed by atoms with Crippen molar-refractivity contribution < 1.29 is 9.90 Å². The molecule has 1 aromatic rings. The Balaban J connectivity index is 0.000000252. The first-order valence-electron chi connectivity index (χ1n) is 3.61. The number of nitrogens with two attached hydrogens (primary N) is 2. The molecule has 0 saturated heterocycles. The number of aliphatic hydroxyl groups excluding tert-OH is 1. The van der Waals surface area contributed by atoms with Crippen LogP contribution in [-0.4, -0.2) is 11.1 Å². The molecule has 1 aromatic carbocycles. The van der Waals surface area contributed by atoms with Crippen molar-refractivity contribution in [2.45, 2.75) is 6.61 Å². The summed E-state index contributed by atoms with van der Waals surface area (Å²) in [5.41, 5.74) is 7.05. The van der Waals surface area contributed by atoms with E-state index < -0.39 is 6.03 Å². The highest BCUT2D eigenvalue weighted by Gasteiger charge is 1.81. The van der Waals surface area contributed by atoms with Crippen molar-refractivity contribution in [1.82, 2.24) is 5.43 Å². The molecule has 13 heavy (non-hydrogen) atoms. The molecule has 0 aliphatic rings. The predicted molar refractivity (Wildman–Crippen MR) is 49.3 cm³/mol. The number of aliphatic hydroxyl groups is 1. The van der Waals surface area contributed by atoms with Gasteiger partial charge in [-0.3, -0.25) is 5.43 Å². The van der Waals surface area contributed by atoms with Crippen LogP contribution < -0.4 is 17.0 Å². The van der Waals surface area contributed by atoms with Crippen LogP contribution in [0.5, 0.6) is 0 Å². The highest BCUT2D eigenvalue weighted by molar-refractivity contribution is 5.70. The summed E-state index contributed by atoms with van der Waals surface area (Å²) in [4.78, 5) is 9.35. The van der Waals surface area contributed by atoms with E-state index in [2.05, 4.69) is 11.6 Å². The van der Waals surface area contributed by atoms with Crippen LogP contribution in [0.4, 0.5) is 4.79 Å². The Hall–Kier alpha value is -1.59. The molecular formula is C8H13N3O2. The third-order valence-electron chi connectivity index (χ3n) is 1.17. The summed E-state index contributed by atoms with van der Waals surface area (Å²) in [6.07, 6.45) is 0. The van der Waals surface area contributed by atoms with E-state index in [1.54, 1.807) is 5.43 Å². The molecule has 0 atom stereocenters. The van der Waals surface area contributed by atoms with Gasteiger partial charge in [0.2, 0.25) is 0 Å². The summed E-state index contributed by atoms with van der Waals surface area (Å²) < 4.78 is 0. The van der Waals surface area contributed by atoms with E-state index in [9.17, 15) is 4.79 Å². The van der Waals surface area contributed by atoms with Crippen LogP contribution in [0.2, 0.25) is 0 Å². The van der Waals surface area contributed by atoms with Gasteiger partial charge in [-0.15, -0.1) is 0 Å². The van der Waals surface area contributed by atoms with Crippen LogP contribution in [0.15, 0.2) is 30.3 Å². The minimum atomic E-state index is -0.718. The number of nitrogens with one attached hydrogen (secondary N) is 1. The van der Waals surface area contributed by atoms with Crippen LogP contribution in [0.25, 0.3) is 0 Å². The number of rotatable bonds is 1. The molecule has 0 aliphatic heterocycles. The molecule has 72 valence electrons. The van der Waals surface area contributed by atoms with Gasteiger partial charge < -0.3 is 10.8 Å². The SMILES string of the molecule is NNC(N)=O.OCc1ccccc1. The third-order valence-corrected chi connectivity index (χ3v) is 1.17. The van der Waals surface area contributed by atoms with Crippen molar-refractivity contribution in [2.75, 3.05) is 0 Å². The van der Waals surface area contributed by atoms with Gasteiger partial charge in [-0.25, -0.2) is 10.6 Å². The molecule has 0 unspecified atom stereocenters. The average Bonchev–Trinajstić information content (AvgIpc) is 2.20. The van der Waals surface area contributed by atoms with Gasteiger partial charge in [-0.2, -0.15) is 0 Å². The number of amides is 2. The van der Waals surface area contributed by atoms with Crippen molar-refractivity contribution in [3.63, 3.8) is 0 Å². The Morgan fingerprint density at radius 3 is 2.08 bits per heavy atom. The molecule has 5 nitrogen and oxygen atoms in total. The zero-order chi connectivity index (χ0) is 10.1. The van der Waals surface area contributed by atoms with E-state index in [-0.39, 0.29) is 6.61 Å². The number of urea groups is 1. The molecule has 0 aromatic heterocycles. The minimum Gasteiger partial charge on any atom is -0.392 e. The third kappa shape index (κ3) is 6.79. The lowest BCUT2D eigenvalue weighted by molar-refractivity contribution is 0.249. The highest BCUT2D eigenvalue weighted by Crippen LogP contribution is 1.95. The number of hydrogen-bond acceptors (Lipinski definition) is 3. The first-order chi connectivity index (χ1) is 6.20. The Kier molecular flexibility index (Phi) is 6.21. The number of carbonyl (C=O) groups is 1. The molecule has 0 heterocycles. The van der Waals surface area contributed by atoms with Gasteiger partial charge in [0.1, 0.15) is 0 Å². The van der Waals surface area contributed by atoms with Gasteiger partial charge in [-0.05, 0) is 5.56 Å². The maximum atomic E-state index is 9.35. The molecule has 5 heteroatoms. The van der Waals surface area contributed by atoms with E-state index in [4.69, 9.17) is 5.11 Å². The minimum absolute atomic E-state index is 0.140. The Morgan fingerprint density at radius 2 is 1.85 bits per heavy atom. The fraction of sp³-hybridized carbons (Fsp3) is 0.125. The topological polar surface area (TPSA) is 101 Å². The number of benzene rings is 1. The van der Waals surface area contributed by atoms with Gasteiger partial charge in [0, 0.05) is 0 Å². The van der Waals surface area contributed by atoms with Gasteiger partial charge in [0.25, 0.3) is 0 Å². The fourth-order valence-corrected chi connectivity index (χ4v) is 0.583. The Morgan fingerprint density at radius 1 is 1.38 bits per heavy atom. The van der Waals surface area contributed by atoms with E-state index in [0.29, 0.717) is 0 Å². The monoisotopic (exact) mass is 183 g/mol. The summed E-state index contributed by atoms with van der Waals surface area (Å²) in [6.45, 7) is 0.140. The maximum absolute atomic E-state index is 9.35. The van der Waals surface area contributed by atoms with Crippen LogP contribution >= 0.6 is 0 Å². The fourth-order valence-electron chi connectivity index (χ4n) is 0.583. The van der Waals surface area contributed by atoms with Crippen molar-refractivity contribution >= 4 is 6.03 Å². The summed E-state index contributed by atoms with van der Waals surface area (Å²) in [7, 11) is 0. The van der Waals surface area contributed by atoms with Crippen molar-refractivity contribution in [3.8, 4) is 0 Å². The van der Waals surface area contributed by atoms with Crippen molar-refractivity contribution in [2.24, 2.45) is 11.6 Å². The van der Waals surface area contributed by atoms with E-state index >= 15 is 0 Å². The van der Waals surface area contributed by atoms with Gasteiger partial charge >= 0.3 is 6.03 Å². The smallest absolute Gasteiger partial charge is 0.326 e. The molecule has 0 saturated carbocycles. The Labute approximate surface area is 76.3 Å². The standard InChI is InChI=1S/C7H8O.CH5N3O/c8-6-7-4-2-1-3-5-7;2-1(5)4-3/h1-5,8H,6H2;3H2,(H3,2,4,5). The lowest BCUT2D eigenvalue weighted by Crippen LogP contribution is -2.34. The second kappa shape index (κ2) is 7.08. The van der Waals surface area contributed by atoms with Crippen LogP contribution in [0.1, 0.15) is 5.56 Å². The van der Waals surface area contributed by atoms with Gasteiger partial charge in [-0.1, -0.05) is 30.3 Å². The first kappa shape index (κ1) is 11.4. The van der Waals surface area contributed by atoms with Crippen molar-refractivity contribution in [3.05, 3.63) is 35.9 Å². The summed E-state index contributed by atoms with van der Waals surface area (Å²) in [5, 5.41) is 8.54. The number of hydrazine groups is 1. The zero-order valence-corrected chi connectivity index (χ0v) is 7.10. The van der Waals surface area contributed by atoms with E-state index in [1.807, 2.05) is 30.3 Å². The lowest BCUT2D eigenvalue weighted by Gasteiger charge is -1.89. The van der Waals surface area contributed by atoms with Crippen LogP contribution in [0.3, 0.4) is 0 Å². The second-order valence-electron chi connectivity index (χ2n) is 2.15. The number of carbonyl (C=O) groups excluding carboxylic acids is 1. The molecular weight excluding hydrogens is 170 g/mol. The lowest BCUT2D eigenvalue weighted by atomic mass is 10.2. The Bertz CT molecular complexity index is 238. The second-order valence-corrected chi connectivity index (χ2v) is 2.15. The summed E-state index contributed by atoms with van der Waals surface area (Å²) >= 11 is 0. The molecule has 0 spiro atoms. The number of hydrogen-bond donors (Lipinski definition) is 4. The molecule has 0 fully saturated rings. The maximum Gasteiger partial charge on any atom is 0.326 e. The van der Waals surface area contributed by atoms with E-state index in [0.717, 1.165) is 5.56 Å². The first-order valence-corrected chi connectivity index (χ1v) is 3.61. The normalized spacial score (nSPS) is 8.15. The zero-order valence-electron chi connectivity index (χ0n) is 7.10. The largest absolute Gasteiger partial charge is 0.392 e. The average molecular weight is 183 g/mol. The summed E-state index contributed by atoms with van der Waals surface area (Å²) in [6, 6.07) is 8.81. The molecule has 0 radical (unpaired) electrons.